The van der Waals surface area contributed by atoms with E-state index < -0.39 is 5.60 Å². The summed E-state index contributed by atoms with van der Waals surface area (Å²) in [6, 6.07) is 32.6. The van der Waals surface area contributed by atoms with Crippen molar-refractivity contribution in [2.24, 2.45) is 0 Å². The zero-order valence-electron chi connectivity index (χ0n) is 17.8. The summed E-state index contributed by atoms with van der Waals surface area (Å²) in [6.45, 7) is 0. The summed E-state index contributed by atoms with van der Waals surface area (Å²) in [6.07, 6.45) is 5.31. The Kier molecular flexibility index (Phi) is 5.87. The lowest BCUT2D eigenvalue weighted by Gasteiger charge is -2.26. The minimum absolute atomic E-state index is 0.240. The second-order valence-corrected chi connectivity index (χ2v) is 10.1. The first-order valence-corrected chi connectivity index (χ1v) is 12.2. The van der Waals surface area contributed by atoms with Gasteiger partial charge in [-0.1, -0.05) is 36.4 Å². The van der Waals surface area contributed by atoms with Gasteiger partial charge in [0.15, 0.2) is 20.3 Å². The van der Waals surface area contributed by atoms with E-state index in [1.54, 1.807) is 6.26 Å². The molecule has 1 aromatic heterocycles. The van der Waals surface area contributed by atoms with Crippen LogP contribution < -0.4 is 0 Å². The van der Waals surface area contributed by atoms with Crippen molar-refractivity contribution < 1.29 is 13.9 Å². The predicted molar refractivity (Wildman–Crippen MR) is 126 cm³/mol. The summed E-state index contributed by atoms with van der Waals surface area (Å²) in [7, 11) is -0.240. The van der Waals surface area contributed by atoms with E-state index in [2.05, 4.69) is 48.5 Å². The predicted octanol–water partition coefficient (Wildman–Crippen LogP) is 7.00. The molecule has 0 bridgehead atoms. The minimum atomic E-state index is -0.641. The highest BCUT2D eigenvalue weighted by molar-refractivity contribution is 7.97. The maximum absolute atomic E-state index is 13.1. The molecule has 1 aliphatic carbocycles. The zero-order chi connectivity index (χ0) is 21.8. The van der Waals surface area contributed by atoms with Crippen LogP contribution in [-0.4, -0.2) is 5.97 Å². The Balaban J connectivity index is 1.42. The van der Waals surface area contributed by atoms with Gasteiger partial charge in [0.1, 0.15) is 5.76 Å². The van der Waals surface area contributed by atoms with Crippen LogP contribution in [-0.2, 0) is 21.2 Å². The van der Waals surface area contributed by atoms with Gasteiger partial charge < -0.3 is 9.15 Å². The summed E-state index contributed by atoms with van der Waals surface area (Å²) < 4.78 is 11.7. The van der Waals surface area contributed by atoms with Crippen molar-refractivity contribution in [2.45, 2.75) is 46.0 Å². The molecule has 0 amide bonds. The molecule has 0 unspecified atom stereocenters. The molecule has 0 aliphatic heterocycles. The van der Waals surface area contributed by atoms with Gasteiger partial charge in [0, 0.05) is 0 Å². The van der Waals surface area contributed by atoms with E-state index in [0.29, 0.717) is 5.56 Å². The van der Waals surface area contributed by atoms with Gasteiger partial charge in [0.05, 0.1) is 22.7 Å². The molecule has 1 heterocycles. The van der Waals surface area contributed by atoms with Crippen LogP contribution >= 0.6 is 0 Å². The first kappa shape index (κ1) is 20.7. The van der Waals surface area contributed by atoms with Crippen molar-refractivity contribution in [1.29, 1.82) is 0 Å². The van der Waals surface area contributed by atoms with Crippen molar-refractivity contribution >= 4 is 16.9 Å². The van der Waals surface area contributed by atoms with Crippen LogP contribution in [0.3, 0.4) is 0 Å². The molecule has 3 aromatic carbocycles. The molecule has 0 N–H and O–H groups in total. The molecule has 4 heteroatoms. The highest BCUT2D eigenvalue weighted by Crippen LogP contribution is 2.43. The third-order valence-electron chi connectivity index (χ3n) is 5.95. The highest BCUT2D eigenvalue weighted by Gasteiger charge is 2.42. The average molecular weight is 442 g/mol. The fourth-order valence-electron chi connectivity index (χ4n) is 4.37. The largest absolute Gasteiger partial charge is 0.465 e. The monoisotopic (exact) mass is 441 g/mol. The van der Waals surface area contributed by atoms with E-state index in [9.17, 15) is 4.79 Å². The third kappa shape index (κ3) is 4.11. The molecular formula is C28H25O3S+. The summed E-state index contributed by atoms with van der Waals surface area (Å²) in [4.78, 5) is 16.7. The summed E-state index contributed by atoms with van der Waals surface area (Å²) in [5, 5.41) is 0. The van der Waals surface area contributed by atoms with E-state index in [1.165, 1.54) is 14.7 Å². The Hall–Kier alpha value is -3.24. The van der Waals surface area contributed by atoms with Gasteiger partial charge in [-0.3, -0.25) is 0 Å². The molecule has 0 atom stereocenters. The van der Waals surface area contributed by atoms with Crippen LogP contribution in [0.25, 0.3) is 0 Å². The normalized spacial score (nSPS) is 15.0. The van der Waals surface area contributed by atoms with Gasteiger partial charge in [-0.25, -0.2) is 4.79 Å². The molecule has 0 radical (unpaired) electrons. The van der Waals surface area contributed by atoms with Gasteiger partial charge in [-0.05, 0) is 86.3 Å². The van der Waals surface area contributed by atoms with Gasteiger partial charge in [0.25, 0.3) is 0 Å². The fraction of sp³-hybridized carbons (Fsp3) is 0.179. The summed E-state index contributed by atoms with van der Waals surface area (Å²) in [5.41, 5.74) is -0.0753. The number of benzene rings is 3. The van der Waals surface area contributed by atoms with Gasteiger partial charge in [0.2, 0.25) is 0 Å². The molecule has 0 spiro atoms. The quantitative estimate of drug-likeness (QED) is 0.239. The first-order valence-electron chi connectivity index (χ1n) is 11.0. The van der Waals surface area contributed by atoms with Crippen molar-refractivity contribution in [3.05, 3.63) is 115 Å². The number of hydrogen-bond donors (Lipinski definition) is 0. The van der Waals surface area contributed by atoms with Crippen molar-refractivity contribution in [2.75, 3.05) is 0 Å². The third-order valence-corrected chi connectivity index (χ3v) is 8.18. The van der Waals surface area contributed by atoms with Crippen molar-refractivity contribution in [1.82, 2.24) is 0 Å². The van der Waals surface area contributed by atoms with E-state index in [4.69, 9.17) is 9.15 Å². The van der Waals surface area contributed by atoms with Gasteiger partial charge in [-0.2, -0.15) is 0 Å². The molecule has 4 aromatic rings. The topological polar surface area (TPSA) is 39.4 Å². The van der Waals surface area contributed by atoms with Crippen LogP contribution in [0.1, 0.15) is 41.8 Å². The molecule has 5 rings (SSSR count). The smallest absolute Gasteiger partial charge is 0.339 e. The number of furan rings is 1. The number of rotatable bonds is 6. The van der Waals surface area contributed by atoms with Crippen LogP contribution in [0.15, 0.2) is 122 Å². The van der Waals surface area contributed by atoms with Crippen LogP contribution in [0, 0.1) is 0 Å². The molecule has 1 fully saturated rings. The number of hydrogen-bond acceptors (Lipinski definition) is 3. The second kappa shape index (κ2) is 9.09. The number of carbonyl (C=O) groups excluding carboxylic acids is 1. The Morgan fingerprint density at radius 3 is 1.81 bits per heavy atom. The SMILES string of the molecule is O=C(OC1(c2ccco2)CCCC1)c1ccc([S+](c2ccccc2)c2ccccc2)cc1. The summed E-state index contributed by atoms with van der Waals surface area (Å²) >= 11 is 0. The van der Waals surface area contributed by atoms with E-state index in [-0.39, 0.29) is 16.9 Å². The van der Waals surface area contributed by atoms with E-state index in [1.807, 2.05) is 48.5 Å². The Morgan fingerprint density at radius 1 is 0.719 bits per heavy atom. The molecule has 32 heavy (non-hydrogen) atoms. The summed E-state index contributed by atoms with van der Waals surface area (Å²) in [5.74, 6) is 0.448. The number of ether oxygens (including phenoxy) is 1. The van der Waals surface area contributed by atoms with Crippen LogP contribution in [0.5, 0.6) is 0 Å². The maximum Gasteiger partial charge on any atom is 0.339 e. The molecule has 0 saturated heterocycles. The Labute approximate surface area is 191 Å². The average Bonchev–Trinajstić information content (AvgIpc) is 3.54. The lowest BCUT2D eigenvalue weighted by Crippen LogP contribution is -2.29. The Bertz CT molecular complexity index is 1110. The minimum Gasteiger partial charge on any atom is -0.465 e. The van der Waals surface area contributed by atoms with Gasteiger partial charge in [-0.15, -0.1) is 0 Å². The maximum atomic E-state index is 13.1. The standard InChI is InChI=1S/C28H25O3S/c29-27(31-28(19-7-8-20-28)26-14-9-21-30-26)22-15-17-25(18-16-22)32(23-10-3-1-4-11-23)24-12-5-2-6-13-24/h1-6,9-18,21H,7-8,19-20H2/q+1. The lowest BCUT2D eigenvalue weighted by molar-refractivity contribution is -0.0291. The van der Waals surface area contributed by atoms with Gasteiger partial charge >= 0.3 is 5.97 Å². The van der Waals surface area contributed by atoms with Crippen molar-refractivity contribution in [3.8, 4) is 0 Å². The van der Waals surface area contributed by atoms with Crippen LogP contribution in [0.4, 0.5) is 0 Å². The lowest BCUT2D eigenvalue weighted by atomic mass is 9.98. The molecule has 3 nitrogen and oxygen atoms in total. The molecule has 160 valence electrons. The highest BCUT2D eigenvalue weighted by atomic mass is 32.2. The first-order chi connectivity index (χ1) is 15.8. The van der Waals surface area contributed by atoms with E-state index in [0.717, 1.165) is 31.4 Å². The van der Waals surface area contributed by atoms with Crippen LogP contribution in [0.2, 0.25) is 0 Å². The molecular weight excluding hydrogens is 416 g/mol. The number of carbonyl (C=O) groups is 1. The van der Waals surface area contributed by atoms with E-state index >= 15 is 0 Å². The Morgan fingerprint density at radius 2 is 1.28 bits per heavy atom. The second-order valence-electron chi connectivity index (χ2n) is 8.02. The molecule has 1 aliphatic rings. The molecule has 1 saturated carbocycles. The number of esters is 1. The zero-order valence-corrected chi connectivity index (χ0v) is 18.6. The fourth-order valence-corrected chi connectivity index (χ4v) is 6.45. The van der Waals surface area contributed by atoms with Crippen molar-refractivity contribution in [3.63, 3.8) is 0 Å².